The number of piperidine rings is 1. The molecule has 3 heterocycles. The second-order valence-electron chi connectivity index (χ2n) is 18.5. The molecule has 6 fully saturated rings. The van der Waals surface area contributed by atoms with Crippen LogP contribution in [0.15, 0.2) is 102 Å². The number of nitrogens with one attached hydrogen (secondary N) is 3. The minimum absolute atomic E-state index is 0.00305. The summed E-state index contributed by atoms with van der Waals surface area (Å²) in [6.07, 6.45) is 8.36. The summed E-state index contributed by atoms with van der Waals surface area (Å²) >= 11 is 0. The number of imidazole rings is 1. The second-order valence-corrected chi connectivity index (χ2v) is 18.5. The van der Waals surface area contributed by atoms with Gasteiger partial charge in [-0.3, -0.25) is 4.57 Å². The Labute approximate surface area is 346 Å². The first-order valence-electron chi connectivity index (χ1n) is 22.0. The summed E-state index contributed by atoms with van der Waals surface area (Å²) in [6.45, 7) is 5.17. The minimum atomic E-state index is -0.569. The Morgan fingerprint density at radius 2 is 1.49 bits per heavy atom. The number of carbonyl (C=O) groups excluding carboxylic acids is 1. The Bertz CT molecular complexity index is 2290. The van der Waals surface area contributed by atoms with Crippen molar-refractivity contribution in [3.05, 3.63) is 130 Å². The number of hydrogen-bond donors (Lipinski definition) is 4. The molecule has 4 aliphatic carbocycles. The number of benzene rings is 4. The number of aliphatic hydroxyl groups excluding tert-OH is 1. The molecule has 4 N–H and O–H groups in total. The van der Waals surface area contributed by atoms with E-state index in [1.807, 2.05) is 47.0 Å². The molecule has 2 amide bonds. The molecule has 59 heavy (non-hydrogen) atoms. The maximum atomic E-state index is 13.3. The van der Waals surface area contributed by atoms with E-state index >= 15 is 0 Å². The first-order chi connectivity index (χ1) is 28.8. The molecule has 4 atom stereocenters. The van der Waals surface area contributed by atoms with E-state index in [9.17, 15) is 14.7 Å². The molecule has 4 aromatic carbocycles. The van der Waals surface area contributed by atoms with Crippen molar-refractivity contribution in [3.63, 3.8) is 0 Å². The van der Waals surface area contributed by atoms with Crippen LogP contribution in [0.25, 0.3) is 22.2 Å². The number of aliphatic hydroxyl groups is 1. The van der Waals surface area contributed by atoms with E-state index in [2.05, 4.69) is 82.0 Å². The summed E-state index contributed by atoms with van der Waals surface area (Å²) < 4.78 is 15.6. The maximum absolute atomic E-state index is 13.3. The van der Waals surface area contributed by atoms with Gasteiger partial charge in [-0.25, -0.2) is 9.59 Å². The van der Waals surface area contributed by atoms with Crippen molar-refractivity contribution in [2.24, 2.45) is 23.7 Å². The molecule has 10 nitrogen and oxygen atoms in total. The minimum Gasteiger partial charge on any atom is -0.392 e. The van der Waals surface area contributed by atoms with Gasteiger partial charge in [0.25, 0.3) is 0 Å². The third-order valence-electron chi connectivity index (χ3n) is 14.5. The van der Waals surface area contributed by atoms with Gasteiger partial charge in [0.05, 0.1) is 29.8 Å². The van der Waals surface area contributed by atoms with E-state index in [0.29, 0.717) is 6.54 Å². The van der Waals surface area contributed by atoms with Gasteiger partial charge < -0.3 is 35.1 Å². The van der Waals surface area contributed by atoms with E-state index in [0.717, 1.165) is 114 Å². The van der Waals surface area contributed by atoms with Crippen molar-refractivity contribution < 1.29 is 19.4 Å². The van der Waals surface area contributed by atoms with Crippen molar-refractivity contribution in [2.45, 2.75) is 102 Å². The Morgan fingerprint density at radius 3 is 2.20 bits per heavy atom. The lowest BCUT2D eigenvalue weighted by Gasteiger charge is -2.56. The molecule has 2 saturated heterocycles. The van der Waals surface area contributed by atoms with Crippen LogP contribution in [0.2, 0.25) is 0 Å². The van der Waals surface area contributed by atoms with Gasteiger partial charge in [0.1, 0.15) is 0 Å². The highest BCUT2D eigenvalue weighted by Crippen LogP contribution is 2.55. The molecule has 11 rings (SSSR count). The van der Waals surface area contributed by atoms with Gasteiger partial charge in [-0.2, -0.15) is 0 Å². The van der Waals surface area contributed by atoms with Crippen LogP contribution in [-0.2, 0) is 22.6 Å². The largest absolute Gasteiger partial charge is 0.392 e. The summed E-state index contributed by atoms with van der Waals surface area (Å²) in [5.41, 5.74) is 7.91. The topological polar surface area (TPSA) is 121 Å². The van der Waals surface area contributed by atoms with E-state index in [4.69, 9.17) is 9.47 Å². The van der Waals surface area contributed by atoms with Gasteiger partial charge >= 0.3 is 11.7 Å². The number of para-hydroxylation sites is 2. The number of aromatic amines is 1. The summed E-state index contributed by atoms with van der Waals surface area (Å²) in [7, 11) is 0. The highest BCUT2D eigenvalue weighted by atomic mass is 16.7. The predicted molar refractivity (Wildman–Crippen MR) is 228 cm³/mol. The van der Waals surface area contributed by atoms with Gasteiger partial charge in [-0.15, -0.1) is 0 Å². The van der Waals surface area contributed by atoms with Gasteiger partial charge in [0, 0.05) is 49.2 Å². The molecule has 6 aliphatic rings. The van der Waals surface area contributed by atoms with Gasteiger partial charge in [-0.1, -0.05) is 91.9 Å². The van der Waals surface area contributed by atoms with Crippen LogP contribution in [0.1, 0.15) is 99.0 Å². The molecule has 308 valence electrons. The molecule has 10 heteroatoms. The number of hydrogen-bond acceptors (Lipinski definition) is 6. The zero-order valence-electron chi connectivity index (χ0n) is 34.0. The quantitative estimate of drug-likeness (QED) is 0.113. The molecule has 2 aliphatic heterocycles. The number of H-pyrrole nitrogens is 1. The van der Waals surface area contributed by atoms with Gasteiger partial charge in [0.2, 0.25) is 0 Å². The third-order valence-corrected chi connectivity index (χ3v) is 14.5. The summed E-state index contributed by atoms with van der Waals surface area (Å²) in [4.78, 5) is 31.8. The number of urea groups is 1. The summed E-state index contributed by atoms with van der Waals surface area (Å²) in [6, 6.07) is 32.9. The number of rotatable bonds is 10. The Hall–Kier alpha value is -4.74. The molecule has 5 aromatic rings. The molecule has 4 bridgehead atoms. The van der Waals surface area contributed by atoms with Crippen LogP contribution < -0.4 is 16.3 Å². The first kappa shape index (κ1) is 38.5. The second kappa shape index (κ2) is 16.0. The Balaban J connectivity index is 0.827. The van der Waals surface area contributed by atoms with Crippen molar-refractivity contribution in [2.75, 3.05) is 19.6 Å². The van der Waals surface area contributed by atoms with Crippen molar-refractivity contribution >= 4 is 17.1 Å². The molecular weight excluding hydrogens is 739 g/mol. The van der Waals surface area contributed by atoms with Crippen molar-refractivity contribution in [1.29, 1.82) is 0 Å². The fourth-order valence-electron chi connectivity index (χ4n) is 11.9. The third kappa shape index (κ3) is 7.76. The van der Waals surface area contributed by atoms with Gasteiger partial charge in [0.15, 0.2) is 6.29 Å². The molecule has 0 radical (unpaired) electrons. The SMILES string of the molecule is C[C@@H]1[C@H](CN2CCC(n3c(=O)[nH]c4ccccc43)CC2)O[C@H](c2ccc(-c3ccccc3CNC(=O)NC34CC5CC(CC(C5)C3)C4)cc2)O[C@@H]1c1ccc(CO)cc1. The monoisotopic (exact) mass is 795 g/mol. The fourth-order valence-corrected chi connectivity index (χ4v) is 11.9. The van der Waals surface area contributed by atoms with E-state index in [1.165, 1.54) is 19.3 Å². The number of ether oxygens (including phenoxy) is 2. The van der Waals surface area contributed by atoms with Crippen LogP contribution in [0.3, 0.4) is 0 Å². The van der Waals surface area contributed by atoms with Crippen LogP contribution in [0, 0.1) is 23.7 Å². The number of likely N-dealkylation sites (tertiary alicyclic amines) is 1. The van der Waals surface area contributed by atoms with E-state index in [1.54, 1.807) is 0 Å². The average Bonchev–Trinajstić information content (AvgIpc) is 3.59. The van der Waals surface area contributed by atoms with Crippen LogP contribution in [0.5, 0.6) is 0 Å². The zero-order valence-corrected chi connectivity index (χ0v) is 34.0. The Kier molecular flexibility index (Phi) is 10.4. The smallest absolute Gasteiger partial charge is 0.326 e. The highest BCUT2D eigenvalue weighted by molar-refractivity contribution is 5.76. The molecule has 4 saturated carbocycles. The number of amides is 2. The molecule has 1 aromatic heterocycles. The normalized spacial score (nSPS) is 29.5. The fraction of sp³-hybridized carbons (Fsp3) is 0.469. The molecule has 0 unspecified atom stereocenters. The number of carbonyl (C=O) groups is 1. The average molecular weight is 796 g/mol. The van der Waals surface area contributed by atoms with E-state index in [-0.39, 0.29) is 48.0 Å². The van der Waals surface area contributed by atoms with Gasteiger partial charge in [-0.05, 0) is 109 Å². The van der Waals surface area contributed by atoms with Crippen LogP contribution in [0.4, 0.5) is 4.79 Å². The van der Waals surface area contributed by atoms with Crippen LogP contribution >= 0.6 is 0 Å². The van der Waals surface area contributed by atoms with Crippen LogP contribution in [-0.4, -0.2) is 56.9 Å². The maximum Gasteiger partial charge on any atom is 0.326 e. The zero-order chi connectivity index (χ0) is 40.1. The predicted octanol–water partition coefficient (Wildman–Crippen LogP) is 8.39. The summed E-state index contributed by atoms with van der Waals surface area (Å²) in [5, 5.41) is 16.4. The van der Waals surface area contributed by atoms with E-state index < -0.39 is 6.29 Å². The van der Waals surface area contributed by atoms with Crippen molar-refractivity contribution in [3.8, 4) is 11.1 Å². The number of nitrogens with zero attached hydrogens (tertiary/aromatic N) is 2. The number of fused-ring (bicyclic) bond motifs is 1. The Morgan fingerprint density at radius 1 is 0.831 bits per heavy atom. The lowest BCUT2D eigenvalue weighted by molar-refractivity contribution is -0.276. The molecule has 0 spiro atoms. The lowest BCUT2D eigenvalue weighted by atomic mass is 9.53. The highest BCUT2D eigenvalue weighted by Gasteiger charge is 2.51. The molecular formula is C49H57N5O5. The number of aromatic nitrogens is 2. The van der Waals surface area contributed by atoms with Crippen molar-refractivity contribution in [1.82, 2.24) is 25.1 Å². The summed E-state index contributed by atoms with van der Waals surface area (Å²) in [5.74, 6) is 2.41. The first-order valence-corrected chi connectivity index (χ1v) is 22.0. The standard InChI is InChI=1S/C49H57N5O5/c1-31-44(29-53-20-18-40(19-21-53)54-43-9-5-4-8-42(43)51-48(54)57)58-46(59-45(31)37-12-10-32(30-55)11-13-37)38-16-14-36(15-17-38)41-7-3-2-6-39(41)28-50-47(56)52-49-25-33-22-34(26-49)24-35(23-33)27-49/h2-17,31,33-35,40,44-46,55H,18-30H2,1H3,(H,51,57)(H2,50,52,56)/t31-,33?,34?,35?,44+,45+,46+,49?/m1/s1. The lowest BCUT2D eigenvalue weighted by Crippen LogP contribution is -2.61.